The molecule has 0 radical (unpaired) electrons. The van der Waals surface area contributed by atoms with E-state index in [-0.39, 0.29) is 24.2 Å². The van der Waals surface area contributed by atoms with E-state index in [2.05, 4.69) is 9.97 Å². The predicted octanol–water partition coefficient (Wildman–Crippen LogP) is 2.48. The summed E-state index contributed by atoms with van der Waals surface area (Å²) < 4.78 is 19.9. The van der Waals surface area contributed by atoms with Crippen LogP contribution in [0.5, 0.6) is 5.75 Å². The highest BCUT2D eigenvalue weighted by molar-refractivity contribution is 5.93. The van der Waals surface area contributed by atoms with Gasteiger partial charge in [0, 0.05) is 31.4 Å². The topological polar surface area (TPSA) is 78.7 Å². The molecule has 0 unspecified atom stereocenters. The Bertz CT molecular complexity index is 1070. The number of hydrogen-bond acceptors (Lipinski definition) is 6. The first-order valence-electron chi connectivity index (χ1n) is 10.8. The summed E-state index contributed by atoms with van der Waals surface area (Å²) in [5.74, 6) is 1.39. The van der Waals surface area contributed by atoms with Crippen LogP contribution in [0.25, 0.3) is 11.4 Å². The molecule has 2 aliphatic rings. The average Bonchev–Trinajstić information content (AvgIpc) is 3.35. The summed E-state index contributed by atoms with van der Waals surface area (Å²) in [5.41, 5.74) is 2.46. The molecule has 8 heteroatoms. The molecule has 1 aromatic carbocycles. The molecule has 1 amide bonds. The number of pyridine rings is 1. The fourth-order valence-corrected chi connectivity index (χ4v) is 4.15. The van der Waals surface area contributed by atoms with Crippen molar-refractivity contribution in [3.63, 3.8) is 0 Å². The average molecular weight is 434 g/mol. The lowest BCUT2D eigenvalue weighted by molar-refractivity contribution is -0.00461. The summed E-state index contributed by atoms with van der Waals surface area (Å²) in [7, 11) is 1.87. The molecule has 2 atom stereocenters. The first-order chi connectivity index (χ1) is 15.6. The molecule has 0 aliphatic carbocycles. The number of hydrogen-bond donors (Lipinski definition) is 0. The molecular weight excluding hydrogens is 408 g/mol. The molecule has 4 heterocycles. The number of benzene rings is 1. The minimum Gasteiger partial charge on any atom is -0.484 e. The van der Waals surface area contributed by atoms with Gasteiger partial charge < -0.3 is 23.7 Å². The molecule has 3 aromatic rings. The van der Waals surface area contributed by atoms with Crippen molar-refractivity contribution in [2.75, 3.05) is 26.3 Å². The number of fused-ring (bicyclic) bond motifs is 1. The van der Waals surface area contributed by atoms with Gasteiger partial charge in [-0.1, -0.05) is 30.3 Å². The Morgan fingerprint density at radius 2 is 1.72 bits per heavy atom. The Labute approximate surface area is 186 Å². The number of ether oxygens (including phenoxy) is 3. The zero-order valence-corrected chi connectivity index (χ0v) is 18.2. The summed E-state index contributed by atoms with van der Waals surface area (Å²) in [6, 6.07) is 13.6. The van der Waals surface area contributed by atoms with Crippen LogP contribution in [0.15, 0.2) is 54.9 Å². The Hall–Kier alpha value is -3.23. The van der Waals surface area contributed by atoms with Gasteiger partial charge in [0.1, 0.15) is 35.6 Å². The van der Waals surface area contributed by atoms with E-state index in [9.17, 15) is 4.79 Å². The van der Waals surface area contributed by atoms with Crippen molar-refractivity contribution in [2.24, 2.45) is 7.05 Å². The van der Waals surface area contributed by atoms with E-state index in [4.69, 9.17) is 14.2 Å². The molecular formula is C24H26N4O4. The van der Waals surface area contributed by atoms with Crippen molar-refractivity contribution in [1.29, 1.82) is 0 Å². The summed E-state index contributed by atoms with van der Waals surface area (Å²) >= 11 is 0. The van der Waals surface area contributed by atoms with Gasteiger partial charge in [-0.2, -0.15) is 0 Å². The number of imidazole rings is 1. The molecule has 0 bridgehead atoms. The Kier molecular flexibility index (Phi) is 5.63. The van der Waals surface area contributed by atoms with E-state index in [1.807, 2.05) is 61.0 Å². The highest BCUT2D eigenvalue weighted by Gasteiger charge is 2.40. The molecule has 2 saturated heterocycles. The number of aromatic nitrogens is 3. The first-order valence-corrected chi connectivity index (χ1v) is 10.8. The molecule has 2 aliphatic heterocycles. The van der Waals surface area contributed by atoms with E-state index < -0.39 is 0 Å². The highest BCUT2D eigenvalue weighted by atomic mass is 16.6. The summed E-state index contributed by atoms with van der Waals surface area (Å²) in [6.45, 7) is 3.70. The lowest BCUT2D eigenvalue weighted by atomic mass is 10.2. The fourth-order valence-electron chi connectivity index (χ4n) is 4.15. The van der Waals surface area contributed by atoms with Crippen LogP contribution in [0.4, 0.5) is 0 Å². The number of nitrogens with zero attached hydrogens (tertiary/aromatic N) is 4. The number of likely N-dealkylation sites (tertiary alicyclic amines) is 1. The molecule has 32 heavy (non-hydrogen) atoms. The van der Waals surface area contributed by atoms with E-state index >= 15 is 0 Å². The lowest BCUT2D eigenvalue weighted by Crippen LogP contribution is -2.33. The van der Waals surface area contributed by atoms with Gasteiger partial charge in [-0.15, -0.1) is 0 Å². The van der Waals surface area contributed by atoms with Crippen molar-refractivity contribution >= 4 is 5.91 Å². The predicted molar refractivity (Wildman–Crippen MR) is 117 cm³/mol. The van der Waals surface area contributed by atoms with E-state index in [1.165, 1.54) is 0 Å². The third-order valence-corrected chi connectivity index (χ3v) is 5.92. The highest BCUT2D eigenvalue weighted by Crippen LogP contribution is 2.25. The summed E-state index contributed by atoms with van der Waals surface area (Å²) in [5, 5.41) is 0. The van der Waals surface area contributed by atoms with Crippen molar-refractivity contribution in [3.05, 3.63) is 66.2 Å². The normalized spacial score (nSPS) is 21.2. The maximum atomic E-state index is 13.2. The largest absolute Gasteiger partial charge is 0.484 e. The van der Waals surface area contributed by atoms with Crippen molar-refractivity contribution < 1.29 is 19.0 Å². The van der Waals surface area contributed by atoms with Crippen LogP contribution in [0.2, 0.25) is 0 Å². The van der Waals surface area contributed by atoms with E-state index in [0.29, 0.717) is 37.7 Å². The lowest BCUT2D eigenvalue weighted by Gasteiger charge is -2.19. The van der Waals surface area contributed by atoms with Crippen molar-refractivity contribution in [2.45, 2.75) is 25.2 Å². The zero-order chi connectivity index (χ0) is 22.1. The van der Waals surface area contributed by atoms with Crippen LogP contribution in [0.1, 0.15) is 16.2 Å². The number of aryl methyl sites for hydroxylation is 1. The van der Waals surface area contributed by atoms with Gasteiger partial charge in [-0.25, -0.2) is 4.98 Å². The second-order valence-electron chi connectivity index (χ2n) is 8.22. The van der Waals surface area contributed by atoms with E-state index in [0.717, 1.165) is 17.1 Å². The van der Waals surface area contributed by atoms with Crippen LogP contribution in [-0.2, 0) is 16.5 Å². The Balaban J connectivity index is 1.22. The van der Waals surface area contributed by atoms with Crippen LogP contribution < -0.4 is 4.74 Å². The van der Waals surface area contributed by atoms with E-state index in [1.54, 1.807) is 17.3 Å². The van der Waals surface area contributed by atoms with Crippen molar-refractivity contribution in [3.8, 4) is 17.1 Å². The van der Waals surface area contributed by atoms with Crippen molar-refractivity contribution in [1.82, 2.24) is 19.4 Å². The second-order valence-corrected chi connectivity index (χ2v) is 8.22. The molecule has 8 nitrogen and oxygen atoms in total. The fraction of sp³-hybridized carbons (Fsp3) is 0.375. The van der Waals surface area contributed by atoms with Gasteiger partial charge in [0.05, 0.1) is 25.6 Å². The quantitative estimate of drug-likeness (QED) is 0.628. The number of carbonyl (C=O) groups is 1. The first kappa shape index (κ1) is 20.7. The molecule has 0 saturated carbocycles. The van der Waals surface area contributed by atoms with Crippen LogP contribution in [0, 0.1) is 6.92 Å². The van der Waals surface area contributed by atoms with Crippen LogP contribution in [-0.4, -0.2) is 70.0 Å². The number of carbonyl (C=O) groups excluding carboxylic acids is 1. The van der Waals surface area contributed by atoms with Gasteiger partial charge in [-0.3, -0.25) is 9.78 Å². The maximum absolute atomic E-state index is 13.2. The standard InChI is InChI=1S/C24H26N4O4/c1-16-8-9-18(10-25-16)32-19-14-30-21-12-28(13-22(21)31-15-19)24(29)20-11-26-23(27(20)2)17-6-4-3-5-7-17/h3-11,19,21-22H,12-15H2,1-2H3/t21-,22-/m0/s1. The number of rotatable bonds is 4. The Morgan fingerprint density at radius 1 is 1.00 bits per heavy atom. The molecule has 2 aromatic heterocycles. The third-order valence-electron chi connectivity index (χ3n) is 5.92. The molecule has 166 valence electrons. The van der Waals surface area contributed by atoms with Gasteiger partial charge in [0.25, 0.3) is 5.91 Å². The summed E-state index contributed by atoms with van der Waals surface area (Å²) in [4.78, 5) is 23.7. The monoisotopic (exact) mass is 434 g/mol. The molecule has 2 fully saturated rings. The summed E-state index contributed by atoms with van der Waals surface area (Å²) in [6.07, 6.45) is 2.79. The zero-order valence-electron chi connectivity index (χ0n) is 18.2. The van der Waals surface area contributed by atoms with Gasteiger partial charge in [0.15, 0.2) is 0 Å². The molecule has 5 rings (SSSR count). The minimum absolute atomic E-state index is 0.0685. The Morgan fingerprint density at radius 3 is 2.38 bits per heavy atom. The number of amides is 1. The van der Waals surface area contributed by atoms with Gasteiger partial charge in [-0.05, 0) is 19.1 Å². The van der Waals surface area contributed by atoms with Gasteiger partial charge in [0.2, 0.25) is 0 Å². The third kappa shape index (κ3) is 4.11. The van der Waals surface area contributed by atoms with Gasteiger partial charge >= 0.3 is 0 Å². The SMILES string of the molecule is Cc1ccc(OC2CO[C@H]3CN(C(=O)c4cnc(-c5ccccc5)n4C)C[C@@H]3OC2)cn1. The molecule has 0 spiro atoms. The van der Waals surface area contributed by atoms with Crippen LogP contribution >= 0.6 is 0 Å². The van der Waals surface area contributed by atoms with Crippen LogP contribution in [0.3, 0.4) is 0 Å². The maximum Gasteiger partial charge on any atom is 0.272 e. The molecule has 0 N–H and O–H groups in total. The second kappa shape index (κ2) is 8.72. The smallest absolute Gasteiger partial charge is 0.272 e. The minimum atomic E-state index is -0.209.